The molecule has 1 aromatic carbocycles. The normalized spacial score (nSPS) is 19.2. The Balaban J connectivity index is 2.26. The smallest absolute Gasteiger partial charge is 0.244 e. The number of amides is 1. The number of carbonyl (C=O) groups excluding carboxylic acids is 1. The number of sulfonamides is 1. The second-order valence-corrected chi connectivity index (χ2v) is 5.92. The zero-order chi connectivity index (χ0) is 14.0. The van der Waals surface area contributed by atoms with Gasteiger partial charge in [-0.15, -0.1) is 0 Å². The SMILES string of the molecule is COc1cc(N)ccc1S(=O)(=O)NC1CNC(=O)C1. The molecule has 104 valence electrons. The second kappa shape index (κ2) is 5.06. The Bertz CT molecular complexity index is 600. The molecule has 7 nitrogen and oxygen atoms in total. The van der Waals surface area contributed by atoms with Gasteiger partial charge in [0.25, 0.3) is 0 Å². The Morgan fingerprint density at radius 3 is 2.79 bits per heavy atom. The van der Waals surface area contributed by atoms with Crippen LogP contribution < -0.4 is 20.5 Å². The lowest BCUT2D eigenvalue weighted by Gasteiger charge is -2.14. The topological polar surface area (TPSA) is 111 Å². The second-order valence-electron chi connectivity index (χ2n) is 4.24. The molecule has 0 bridgehead atoms. The summed E-state index contributed by atoms with van der Waals surface area (Å²) in [6.07, 6.45) is 0.135. The van der Waals surface area contributed by atoms with E-state index in [4.69, 9.17) is 10.5 Å². The molecule has 1 saturated heterocycles. The first-order valence-corrected chi connectivity index (χ1v) is 7.13. The minimum absolute atomic E-state index is 0.00329. The molecule has 0 aromatic heterocycles. The fourth-order valence-electron chi connectivity index (χ4n) is 1.88. The number of rotatable bonds is 4. The molecule has 1 unspecified atom stereocenters. The van der Waals surface area contributed by atoms with Crippen molar-refractivity contribution < 1.29 is 17.9 Å². The molecular weight excluding hydrogens is 270 g/mol. The molecule has 0 saturated carbocycles. The molecule has 2 rings (SSSR count). The van der Waals surface area contributed by atoms with E-state index in [9.17, 15) is 13.2 Å². The standard InChI is InChI=1S/C11H15N3O4S/c1-18-9-4-7(12)2-3-10(9)19(16,17)14-8-5-11(15)13-6-8/h2-4,8,14H,5-6,12H2,1H3,(H,13,15). The maximum Gasteiger partial charge on any atom is 0.244 e. The van der Waals surface area contributed by atoms with Crippen LogP contribution in [0, 0.1) is 0 Å². The quantitative estimate of drug-likeness (QED) is 0.642. The number of nitrogen functional groups attached to an aromatic ring is 1. The van der Waals surface area contributed by atoms with E-state index in [-0.39, 0.29) is 29.5 Å². The van der Waals surface area contributed by atoms with Gasteiger partial charge in [-0.25, -0.2) is 13.1 Å². The predicted molar refractivity (Wildman–Crippen MR) is 69.1 cm³/mol. The van der Waals surface area contributed by atoms with E-state index in [1.807, 2.05) is 0 Å². The van der Waals surface area contributed by atoms with Crippen LogP contribution in [0.5, 0.6) is 5.75 Å². The highest BCUT2D eigenvalue weighted by atomic mass is 32.2. The highest BCUT2D eigenvalue weighted by molar-refractivity contribution is 7.89. The molecule has 19 heavy (non-hydrogen) atoms. The zero-order valence-corrected chi connectivity index (χ0v) is 11.2. The van der Waals surface area contributed by atoms with E-state index in [2.05, 4.69) is 10.0 Å². The lowest BCUT2D eigenvalue weighted by Crippen LogP contribution is -2.36. The molecule has 1 aliphatic heterocycles. The number of benzene rings is 1. The molecule has 0 radical (unpaired) electrons. The third kappa shape index (κ3) is 2.96. The summed E-state index contributed by atoms with van der Waals surface area (Å²) in [5, 5.41) is 2.56. The largest absolute Gasteiger partial charge is 0.495 e. The van der Waals surface area contributed by atoms with Crippen molar-refractivity contribution in [3.05, 3.63) is 18.2 Å². The first kappa shape index (κ1) is 13.6. The van der Waals surface area contributed by atoms with Gasteiger partial charge in [-0.3, -0.25) is 4.79 Å². The summed E-state index contributed by atoms with van der Waals surface area (Å²) >= 11 is 0. The van der Waals surface area contributed by atoms with Gasteiger partial charge in [0.1, 0.15) is 10.6 Å². The molecule has 0 aliphatic carbocycles. The van der Waals surface area contributed by atoms with Crippen LogP contribution >= 0.6 is 0 Å². The van der Waals surface area contributed by atoms with Crippen LogP contribution in [-0.4, -0.2) is 34.0 Å². The Kier molecular flexibility index (Phi) is 3.63. The number of carbonyl (C=O) groups is 1. The minimum atomic E-state index is -3.75. The Hall–Kier alpha value is -1.80. The molecule has 1 atom stereocenters. The van der Waals surface area contributed by atoms with E-state index >= 15 is 0 Å². The molecule has 1 amide bonds. The van der Waals surface area contributed by atoms with Crippen LogP contribution in [0.1, 0.15) is 6.42 Å². The van der Waals surface area contributed by atoms with Crippen LogP contribution in [0.3, 0.4) is 0 Å². The van der Waals surface area contributed by atoms with Gasteiger partial charge in [-0.05, 0) is 12.1 Å². The number of hydrogen-bond donors (Lipinski definition) is 3. The van der Waals surface area contributed by atoms with E-state index < -0.39 is 16.1 Å². The fourth-order valence-corrected chi connectivity index (χ4v) is 3.26. The lowest BCUT2D eigenvalue weighted by molar-refractivity contribution is -0.119. The number of anilines is 1. The van der Waals surface area contributed by atoms with Gasteiger partial charge in [0.2, 0.25) is 15.9 Å². The maximum atomic E-state index is 12.2. The Morgan fingerprint density at radius 2 is 2.21 bits per heavy atom. The van der Waals surface area contributed by atoms with Gasteiger partial charge in [0.15, 0.2) is 0 Å². The van der Waals surface area contributed by atoms with Crippen molar-refractivity contribution in [2.24, 2.45) is 0 Å². The third-order valence-electron chi connectivity index (χ3n) is 2.78. The van der Waals surface area contributed by atoms with Gasteiger partial charge in [-0.2, -0.15) is 0 Å². The number of ether oxygens (including phenoxy) is 1. The van der Waals surface area contributed by atoms with Crippen molar-refractivity contribution in [2.75, 3.05) is 19.4 Å². The molecule has 8 heteroatoms. The Labute approximate surface area is 111 Å². The average molecular weight is 285 g/mol. The molecular formula is C11H15N3O4S. The monoisotopic (exact) mass is 285 g/mol. The van der Waals surface area contributed by atoms with Crippen molar-refractivity contribution in [1.29, 1.82) is 0 Å². The summed E-state index contributed by atoms with van der Waals surface area (Å²) in [6, 6.07) is 3.85. The Morgan fingerprint density at radius 1 is 1.47 bits per heavy atom. The molecule has 0 spiro atoms. The van der Waals surface area contributed by atoms with Crippen molar-refractivity contribution >= 4 is 21.6 Å². The number of hydrogen-bond acceptors (Lipinski definition) is 5. The molecule has 1 heterocycles. The van der Waals surface area contributed by atoms with E-state index in [0.717, 1.165) is 0 Å². The summed E-state index contributed by atoms with van der Waals surface area (Å²) in [6.45, 7) is 0.287. The first-order valence-electron chi connectivity index (χ1n) is 5.65. The maximum absolute atomic E-state index is 12.2. The van der Waals surface area contributed by atoms with Crippen LogP contribution in [0.25, 0.3) is 0 Å². The fraction of sp³-hybridized carbons (Fsp3) is 0.364. The minimum Gasteiger partial charge on any atom is -0.495 e. The summed E-state index contributed by atoms with van der Waals surface area (Å²) in [4.78, 5) is 11.1. The van der Waals surface area contributed by atoms with Crippen molar-refractivity contribution in [1.82, 2.24) is 10.0 Å². The van der Waals surface area contributed by atoms with Crippen LogP contribution in [-0.2, 0) is 14.8 Å². The molecule has 1 fully saturated rings. The van der Waals surface area contributed by atoms with Gasteiger partial charge in [-0.1, -0.05) is 0 Å². The predicted octanol–water partition coefficient (Wildman–Crippen LogP) is -0.556. The summed E-state index contributed by atoms with van der Waals surface area (Å²) in [5.41, 5.74) is 5.99. The van der Waals surface area contributed by atoms with Crippen LogP contribution in [0.15, 0.2) is 23.1 Å². The number of methoxy groups -OCH3 is 1. The first-order chi connectivity index (χ1) is 8.92. The van der Waals surface area contributed by atoms with E-state index in [0.29, 0.717) is 5.69 Å². The lowest BCUT2D eigenvalue weighted by atomic mass is 10.3. The number of nitrogens with two attached hydrogens (primary N) is 1. The van der Waals surface area contributed by atoms with Gasteiger partial charge in [0, 0.05) is 30.8 Å². The van der Waals surface area contributed by atoms with Crippen LogP contribution in [0.2, 0.25) is 0 Å². The van der Waals surface area contributed by atoms with Crippen molar-refractivity contribution in [3.63, 3.8) is 0 Å². The zero-order valence-electron chi connectivity index (χ0n) is 10.3. The molecule has 1 aliphatic rings. The number of nitrogens with one attached hydrogen (secondary N) is 2. The highest BCUT2D eigenvalue weighted by Gasteiger charge is 2.28. The average Bonchev–Trinajstić information content (AvgIpc) is 2.73. The van der Waals surface area contributed by atoms with Crippen molar-refractivity contribution in [2.45, 2.75) is 17.4 Å². The van der Waals surface area contributed by atoms with Gasteiger partial charge in [0.05, 0.1) is 7.11 Å². The molecule has 4 N–H and O–H groups in total. The highest BCUT2D eigenvalue weighted by Crippen LogP contribution is 2.26. The van der Waals surface area contributed by atoms with Gasteiger partial charge >= 0.3 is 0 Å². The molecule has 1 aromatic rings. The van der Waals surface area contributed by atoms with Crippen LogP contribution in [0.4, 0.5) is 5.69 Å². The summed E-state index contributed by atoms with van der Waals surface area (Å²) in [7, 11) is -2.38. The van der Waals surface area contributed by atoms with Crippen molar-refractivity contribution in [3.8, 4) is 5.75 Å². The summed E-state index contributed by atoms with van der Waals surface area (Å²) < 4.78 is 31.9. The van der Waals surface area contributed by atoms with E-state index in [1.54, 1.807) is 0 Å². The van der Waals surface area contributed by atoms with Gasteiger partial charge < -0.3 is 15.8 Å². The summed E-state index contributed by atoms with van der Waals surface area (Å²) in [5.74, 6) is 0.00162. The third-order valence-corrected chi connectivity index (χ3v) is 4.34. The van der Waals surface area contributed by atoms with E-state index in [1.165, 1.54) is 25.3 Å².